The van der Waals surface area contributed by atoms with Gasteiger partial charge >= 0.3 is 0 Å². The molecule has 0 bridgehead atoms. The second kappa shape index (κ2) is 9.46. The monoisotopic (exact) mass is 445 g/mol. The number of nitrogens with zero attached hydrogens (tertiary/aromatic N) is 5. The highest BCUT2D eigenvalue weighted by molar-refractivity contribution is 5.81. The summed E-state index contributed by atoms with van der Waals surface area (Å²) in [6.07, 6.45) is 0. The first kappa shape index (κ1) is 21.2. The number of rotatable bonds is 7. The minimum atomic E-state index is 0.0919. The minimum absolute atomic E-state index is 0.0919. The number of imidazole rings is 1. The summed E-state index contributed by atoms with van der Waals surface area (Å²) in [5, 5.41) is 3.95. The first-order valence-corrected chi connectivity index (χ1v) is 11.2. The van der Waals surface area contributed by atoms with E-state index >= 15 is 0 Å². The third-order valence-corrected chi connectivity index (χ3v) is 5.92. The number of fused-ring (bicyclic) bond motifs is 1. The molecule has 1 amide bonds. The Balaban J connectivity index is 1.25. The molecule has 33 heavy (non-hydrogen) atoms. The van der Waals surface area contributed by atoms with Crippen molar-refractivity contribution in [2.24, 2.45) is 0 Å². The van der Waals surface area contributed by atoms with Crippen LogP contribution in [0.15, 0.2) is 65.2 Å². The average Bonchev–Trinajstić information content (AvgIpc) is 3.41. The highest BCUT2D eigenvalue weighted by Crippen LogP contribution is 2.19. The number of carbonyl (C=O) groups is 1. The molecule has 2 aromatic heterocycles. The van der Waals surface area contributed by atoms with Crippen LogP contribution in [-0.2, 0) is 24.5 Å². The third kappa shape index (κ3) is 4.90. The van der Waals surface area contributed by atoms with E-state index in [9.17, 15) is 4.79 Å². The molecular weight excluding hydrogens is 418 g/mol. The topological polar surface area (TPSA) is 76.6 Å². The zero-order chi connectivity index (χ0) is 22.6. The summed E-state index contributed by atoms with van der Waals surface area (Å²) < 4.78 is 13.2. The van der Waals surface area contributed by atoms with Crippen molar-refractivity contribution in [3.8, 4) is 5.75 Å². The van der Waals surface area contributed by atoms with E-state index in [0.29, 0.717) is 19.7 Å². The predicted molar refractivity (Wildman–Crippen MR) is 124 cm³/mol. The van der Waals surface area contributed by atoms with Crippen LogP contribution < -0.4 is 4.74 Å². The molecule has 0 atom stereocenters. The van der Waals surface area contributed by atoms with Crippen molar-refractivity contribution >= 4 is 16.9 Å². The number of piperazine rings is 1. The summed E-state index contributed by atoms with van der Waals surface area (Å²) in [4.78, 5) is 22.1. The van der Waals surface area contributed by atoms with Crippen molar-refractivity contribution < 1.29 is 14.1 Å². The van der Waals surface area contributed by atoms with Gasteiger partial charge in [0.2, 0.25) is 5.91 Å². The average molecular weight is 446 g/mol. The smallest absolute Gasteiger partial charge is 0.242 e. The van der Waals surface area contributed by atoms with E-state index < -0.39 is 0 Å². The number of aromatic nitrogens is 3. The van der Waals surface area contributed by atoms with Crippen LogP contribution in [0.25, 0.3) is 11.0 Å². The SMILES string of the molecule is Cc1cc(CN2CCN(C(=O)Cn3c(COc4ccccc4)nc4ccccc43)CC2)on1. The number of para-hydroxylation sites is 3. The van der Waals surface area contributed by atoms with Crippen LogP contribution >= 0.6 is 0 Å². The lowest BCUT2D eigenvalue weighted by atomic mass is 10.2. The van der Waals surface area contributed by atoms with Gasteiger partial charge in [-0.2, -0.15) is 0 Å². The molecule has 1 aliphatic heterocycles. The van der Waals surface area contributed by atoms with E-state index in [1.54, 1.807) is 0 Å². The number of ether oxygens (including phenoxy) is 1. The molecule has 2 aromatic carbocycles. The van der Waals surface area contributed by atoms with Crippen LogP contribution in [0.2, 0.25) is 0 Å². The molecule has 4 aromatic rings. The van der Waals surface area contributed by atoms with Gasteiger partial charge in [-0.15, -0.1) is 0 Å². The maximum Gasteiger partial charge on any atom is 0.242 e. The normalized spacial score (nSPS) is 14.6. The molecule has 1 saturated heterocycles. The van der Waals surface area contributed by atoms with Crippen LogP contribution in [0.1, 0.15) is 17.3 Å². The highest BCUT2D eigenvalue weighted by atomic mass is 16.5. The second-order valence-electron chi connectivity index (χ2n) is 8.30. The fourth-order valence-electron chi connectivity index (χ4n) is 4.18. The lowest BCUT2D eigenvalue weighted by molar-refractivity contribution is -0.133. The number of aryl methyl sites for hydroxylation is 1. The number of carbonyl (C=O) groups excluding carboxylic acids is 1. The van der Waals surface area contributed by atoms with Crippen LogP contribution in [0.4, 0.5) is 0 Å². The fourth-order valence-corrected chi connectivity index (χ4v) is 4.18. The summed E-state index contributed by atoms with van der Waals surface area (Å²) in [5.74, 6) is 2.47. The maximum absolute atomic E-state index is 13.2. The van der Waals surface area contributed by atoms with Gasteiger partial charge in [0, 0.05) is 32.2 Å². The van der Waals surface area contributed by atoms with Crippen LogP contribution in [-0.4, -0.2) is 56.6 Å². The molecule has 0 N–H and O–H groups in total. The molecular formula is C25H27N5O3. The summed E-state index contributed by atoms with van der Waals surface area (Å²) in [7, 11) is 0. The van der Waals surface area contributed by atoms with Crippen molar-refractivity contribution in [2.75, 3.05) is 26.2 Å². The Hall–Kier alpha value is -3.65. The first-order valence-electron chi connectivity index (χ1n) is 11.2. The zero-order valence-corrected chi connectivity index (χ0v) is 18.7. The molecule has 1 fully saturated rings. The Kier molecular flexibility index (Phi) is 6.08. The molecule has 170 valence electrons. The lowest BCUT2D eigenvalue weighted by Crippen LogP contribution is -2.49. The Morgan fingerprint density at radius 2 is 1.79 bits per heavy atom. The fraction of sp³-hybridized carbons (Fsp3) is 0.320. The van der Waals surface area contributed by atoms with Crippen LogP contribution in [0, 0.1) is 6.92 Å². The first-order chi connectivity index (χ1) is 16.2. The Morgan fingerprint density at radius 3 is 2.55 bits per heavy atom. The number of hydrogen-bond donors (Lipinski definition) is 0. The summed E-state index contributed by atoms with van der Waals surface area (Å²) >= 11 is 0. The Bertz CT molecular complexity index is 1230. The molecule has 8 heteroatoms. The number of benzene rings is 2. The third-order valence-electron chi connectivity index (χ3n) is 5.92. The molecule has 8 nitrogen and oxygen atoms in total. The molecule has 5 rings (SSSR count). The van der Waals surface area contributed by atoms with Gasteiger partial charge in [-0.25, -0.2) is 4.98 Å². The van der Waals surface area contributed by atoms with Crippen molar-refractivity contribution in [3.63, 3.8) is 0 Å². The maximum atomic E-state index is 13.2. The molecule has 0 unspecified atom stereocenters. The number of hydrogen-bond acceptors (Lipinski definition) is 6. The molecule has 1 aliphatic rings. The van der Waals surface area contributed by atoms with E-state index in [2.05, 4.69) is 10.1 Å². The summed E-state index contributed by atoms with van der Waals surface area (Å²) in [5.41, 5.74) is 2.69. The molecule has 3 heterocycles. The van der Waals surface area contributed by atoms with Crippen LogP contribution in [0.5, 0.6) is 5.75 Å². The van der Waals surface area contributed by atoms with Crippen molar-refractivity contribution in [3.05, 3.63) is 77.9 Å². The largest absolute Gasteiger partial charge is 0.486 e. The van der Waals surface area contributed by atoms with Gasteiger partial charge in [-0.05, 0) is 31.2 Å². The number of amides is 1. The van der Waals surface area contributed by atoms with E-state index in [0.717, 1.165) is 53.7 Å². The van der Waals surface area contributed by atoms with E-state index in [1.165, 1.54) is 0 Å². The molecule has 0 aliphatic carbocycles. The highest BCUT2D eigenvalue weighted by Gasteiger charge is 2.23. The van der Waals surface area contributed by atoms with E-state index in [-0.39, 0.29) is 12.5 Å². The Morgan fingerprint density at radius 1 is 1.03 bits per heavy atom. The summed E-state index contributed by atoms with van der Waals surface area (Å²) in [6, 6.07) is 19.5. The van der Waals surface area contributed by atoms with E-state index in [1.807, 2.05) is 77.1 Å². The van der Waals surface area contributed by atoms with Crippen molar-refractivity contribution in [2.45, 2.75) is 26.6 Å². The van der Waals surface area contributed by atoms with Gasteiger partial charge in [0.25, 0.3) is 0 Å². The van der Waals surface area contributed by atoms with Crippen molar-refractivity contribution in [1.82, 2.24) is 24.5 Å². The standard InChI is InChI=1S/C25H27N5O3/c1-19-15-21(33-27-19)16-28-11-13-29(14-12-28)25(31)17-30-23-10-6-5-9-22(23)26-24(30)18-32-20-7-3-2-4-8-20/h2-10,15H,11-14,16-18H2,1H3. The molecule has 0 radical (unpaired) electrons. The zero-order valence-electron chi connectivity index (χ0n) is 18.7. The van der Waals surface area contributed by atoms with Gasteiger partial charge < -0.3 is 18.7 Å². The summed E-state index contributed by atoms with van der Waals surface area (Å²) in [6.45, 7) is 6.17. The predicted octanol–water partition coefficient (Wildman–Crippen LogP) is 3.26. The van der Waals surface area contributed by atoms with Gasteiger partial charge in [-0.1, -0.05) is 35.5 Å². The van der Waals surface area contributed by atoms with Gasteiger partial charge in [0.1, 0.15) is 24.7 Å². The van der Waals surface area contributed by atoms with Crippen molar-refractivity contribution in [1.29, 1.82) is 0 Å². The van der Waals surface area contributed by atoms with Gasteiger partial charge in [0.05, 0.1) is 23.3 Å². The second-order valence-corrected chi connectivity index (χ2v) is 8.30. The quantitative estimate of drug-likeness (QED) is 0.435. The molecule has 0 saturated carbocycles. The van der Waals surface area contributed by atoms with Crippen LogP contribution in [0.3, 0.4) is 0 Å². The minimum Gasteiger partial charge on any atom is -0.486 e. The van der Waals surface area contributed by atoms with Gasteiger partial charge in [0.15, 0.2) is 5.76 Å². The lowest BCUT2D eigenvalue weighted by Gasteiger charge is -2.34. The molecule has 0 spiro atoms. The Labute approximate surface area is 192 Å². The van der Waals surface area contributed by atoms with E-state index in [4.69, 9.17) is 14.2 Å². The van der Waals surface area contributed by atoms with Gasteiger partial charge in [-0.3, -0.25) is 9.69 Å².